The van der Waals surface area contributed by atoms with Crippen LogP contribution >= 0.6 is 0 Å². The number of carbonyl (C=O) groups is 4. The lowest BCUT2D eigenvalue weighted by Gasteiger charge is -2.28. The lowest BCUT2D eigenvalue weighted by Crippen LogP contribution is -2.50. The number of amides is 3. The SMILES string of the molecule is Cc1cc(C)cc(NC(=O)COC(=O)[C@H](C(C)C)N2C(=O)[C@@H]3[C@H]4CC[C@@H](C4)[C@@H]3C2=O)c1. The average Bonchev–Trinajstić information content (AvgIpc) is 3.35. The molecular weight excluding hydrogens is 396 g/mol. The third-order valence-corrected chi connectivity index (χ3v) is 6.96. The van der Waals surface area contributed by atoms with E-state index in [9.17, 15) is 19.2 Å². The number of ether oxygens (including phenoxy) is 1. The molecule has 7 heteroatoms. The topological polar surface area (TPSA) is 92.8 Å². The van der Waals surface area contributed by atoms with Gasteiger partial charge in [-0.2, -0.15) is 0 Å². The largest absolute Gasteiger partial charge is 0.454 e. The number of fused-ring (bicyclic) bond motifs is 5. The zero-order valence-electron chi connectivity index (χ0n) is 18.5. The first-order chi connectivity index (χ1) is 14.7. The molecule has 2 saturated carbocycles. The molecule has 1 saturated heterocycles. The van der Waals surface area contributed by atoms with E-state index in [2.05, 4.69) is 5.32 Å². The number of anilines is 1. The van der Waals surface area contributed by atoms with E-state index in [0.29, 0.717) is 5.69 Å². The van der Waals surface area contributed by atoms with Crippen LogP contribution in [-0.2, 0) is 23.9 Å². The lowest BCUT2D eigenvalue weighted by atomic mass is 9.81. The second-order valence-corrected chi connectivity index (χ2v) is 9.65. The van der Waals surface area contributed by atoms with Gasteiger partial charge in [0.2, 0.25) is 11.8 Å². The van der Waals surface area contributed by atoms with Crippen LogP contribution in [-0.4, -0.2) is 41.2 Å². The number of rotatable bonds is 6. The van der Waals surface area contributed by atoms with Crippen molar-refractivity contribution in [3.05, 3.63) is 29.3 Å². The van der Waals surface area contributed by atoms with Gasteiger partial charge in [-0.05, 0) is 74.1 Å². The normalized spacial score (nSPS) is 27.6. The molecular formula is C24H30N2O5. The van der Waals surface area contributed by atoms with Crippen LogP contribution in [0.3, 0.4) is 0 Å². The summed E-state index contributed by atoms with van der Waals surface area (Å²) in [6.07, 6.45) is 2.90. The minimum atomic E-state index is -1.00. The van der Waals surface area contributed by atoms with Crippen molar-refractivity contribution in [2.45, 2.75) is 53.0 Å². The van der Waals surface area contributed by atoms with Crippen molar-refractivity contribution in [2.24, 2.45) is 29.6 Å². The third kappa shape index (κ3) is 3.86. The highest BCUT2D eigenvalue weighted by molar-refractivity contribution is 6.08. The summed E-state index contributed by atoms with van der Waals surface area (Å²) in [5.74, 6) is -2.02. The second kappa shape index (κ2) is 8.09. The van der Waals surface area contributed by atoms with Gasteiger partial charge in [-0.3, -0.25) is 19.3 Å². The van der Waals surface area contributed by atoms with E-state index in [1.54, 1.807) is 13.8 Å². The maximum Gasteiger partial charge on any atom is 0.330 e. The van der Waals surface area contributed by atoms with Crippen molar-refractivity contribution in [1.29, 1.82) is 0 Å². The molecule has 31 heavy (non-hydrogen) atoms. The van der Waals surface area contributed by atoms with E-state index < -0.39 is 24.5 Å². The maximum absolute atomic E-state index is 13.1. The van der Waals surface area contributed by atoms with Crippen molar-refractivity contribution in [1.82, 2.24) is 4.90 Å². The number of benzene rings is 1. The number of carbonyl (C=O) groups excluding carboxylic acids is 4. The Morgan fingerprint density at radius 3 is 2.10 bits per heavy atom. The fraction of sp³-hybridized carbons (Fsp3) is 0.583. The van der Waals surface area contributed by atoms with Gasteiger partial charge in [0.05, 0.1) is 11.8 Å². The first kappa shape index (κ1) is 21.5. The van der Waals surface area contributed by atoms with E-state index in [4.69, 9.17) is 4.74 Å². The molecule has 2 aliphatic carbocycles. The van der Waals surface area contributed by atoms with Crippen molar-refractivity contribution in [2.75, 3.05) is 11.9 Å². The molecule has 166 valence electrons. The zero-order chi connectivity index (χ0) is 22.4. The number of imide groups is 1. The third-order valence-electron chi connectivity index (χ3n) is 6.96. The molecule has 1 N–H and O–H groups in total. The smallest absolute Gasteiger partial charge is 0.330 e. The second-order valence-electron chi connectivity index (χ2n) is 9.65. The minimum absolute atomic E-state index is 0.238. The quantitative estimate of drug-likeness (QED) is 0.558. The monoisotopic (exact) mass is 426 g/mol. The van der Waals surface area contributed by atoms with Crippen molar-refractivity contribution in [3.8, 4) is 0 Å². The van der Waals surface area contributed by atoms with Crippen molar-refractivity contribution < 1.29 is 23.9 Å². The molecule has 3 amide bonds. The summed E-state index contributed by atoms with van der Waals surface area (Å²) in [5.41, 5.74) is 2.66. The van der Waals surface area contributed by atoms with Crippen molar-refractivity contribution >= 4 is 29.4 Å². The molecule has 1 heterocycles. The molecule has 1 aromatic rings. The number of nitrogens with one attached hydrogen (secondary N) is 1. The van der Waals surface area contributed by atoms with Gasteiger partial charge in [0.1, 0.15) is 6.04 Å². The number of nitrogens with zero attached hydrogens (tertiary/aromatic N) is 1. The highest BCUT2D eigenvalue weighted by atomic mass is 16.5. The molecule has 3 aliphatic rings. The Labute approximate surface area is 182 Å². The van der Waals surface area contributed by atoms with Crippen LogP contribution in [0.1, 0.15) is 44.2 Å². The van der Waals surface area contributed by atoms with E-state index in [1.807, 2.05) is 32.0 Å². The summed E-state index contributed by atoms with van der Waals surface area (Å²) in [6.45, 7) is 6.96. The number of esters is 1. The first-order valence-electron chi connectivity index (χ1n) is 11.1. The minimum Gasteiger partial charge on any atom is -0.454 e. The van der Waals surface area contributed by atoms with Gasteiger partial charge >= 0.3 is 5.97 Å². The molecule has 3 fully saturated rings. The zero-order valence-corrected chi connectivity index (χ0v) is 18.5. The lowest BCUT2D eigenvalue weighted by molar-refractivity contribution is -0.162. The summed E-state index contributed by atoms with van der Waals surface area (Å²) in [5, 5.41) is 2.72. The summed E-state index contributed by atoms with van der Waals surface area (Å²) in [6, 6.07) is 4.66. The van der Waals surface area contributed by atoms with Crippen LogP contribution in [0.4, 0.5) is 5.69 Å². The summed E-state index contributed by atoms with van der Waals surface area (Å²) >= 11 is 0. The molecule has 0 radical (unpaired) electrons. The maximum atomic E-state index is 13.1. The Bertz CT molecular complexity index is 892. The molecule has 1 aliphatic heterocycles. The summed E-state index contributed by atoms with van der Waals surface area (Å²) in [7, 11) is 0. The van der Waals surface area contributed by atoms with Crippen LogP contribution in [0.15, 0.2) is 18.2 Å². The number of aryl methyl sites for hydroxylation is 2. The average molecular weight is 427 g/mol. The van der Waals surface area contributed by atoms with Gasteiger partial charge in [0.25, 0.3) is 5.91 Å². The van der Waals surface area contributed by atoms with Crippen molar-refractivity contribution in [3.63, 3.8) is 0 Å². The fourth-order valence-electron chi connectivity index (χ4n) is 5.85. The van der Waals surface area contributed by atoms with E-state index in [1.165, 1.54) is 0 Å². The van der Waals surface area contributed by atoms with Crippen LogP contribution in [0, 0.1) is 43.4 Å². The van der Waals surface area contributed by atoms with Gasteiger partial charge < -0.3 is 10.1 Å². The van der Waals surface area contributed by atoms with Gasteiger partial charge in [-0.25, -0.2) is 4.79 Å². The number of likely N-dealkylation sites (tertiary alicyclic amines) is 1. The van der Waals surface area contributed by atoms with Crippen LogP contribution < -0.4 is 5.32 Å². The Balaban J connectivity index is 1.42. The fourth-order valence-corrected chi connectivity index (χ4v) is 5.85. The molecule has 0 aromatic heterocycles. The van der Waals surface area contributed by atoms with Crippen LogP contribution in [0.2, 0.25) is 0 Å². The molecule has 0 spiro atoms. The molecule has 2 bridgehead atoms. The van der Waals surface area contributed by atoms with E-state index >= 15 is 0 Å². The molecule has 1 aromatic carbocycles. The Hall–Kier alpha value is -2.70. The molecule has 5 atom stereocenters. The summed E-state index contributed by atoms with van der Waals surface area (Å²) < 4.78 is 5.26. The standard InChI is InChI=1S/C24H30N2O5/c1-12(2)21(26-22(28)19-15-5-6-16(10-15)20(19)23(26)29)24(30)31-11-18(27)25-17-8-13(3)7-14(4)9-17/h7-9,12,15-16,19-21H,5-6,10-11H2,1-4H3,(H,25,27)/t15-,16-,19-,20+,21-/m0/s1. The predicted octanol–water partition coefficient (Wildman–Crippen LogP) is 2.84. The van der Waals surface area contributed by atoms with E-state index in [-0.39, 0.29) is 41.4 Å². The Kier molecular flexibility index (Phi) is 5.62. The first-order valence-corrected chi connectivity index (χ1v) is 11.1. The predicted molar refractivity (Wildman–Crippen MR) is 114 cm³/mol. The highest BCUT2D eigenvalue weighted by Gasteiger charge is 2.62. The Morgan fingerprint density at radius 1 is 1.03 bits per heavy atom. The highest BCUT2D eigenvalue weighted by Crippen LogP contribution is 2.56. The number of hydrogen-bond acceptors (Lipinski definition) is 5. The van der Waals surface area contributed by atoms with Gasteiger partial charge in [0, 0.05) is 5.69 Å². The van der Waals surface area contributed by atoms with E-state index in [0.717, 1.165) is 35.3 Å². The molecule has 0 unspecified atom stereocenters. The van der Waals surface area contributed by atoms with Gasteiger partial charge in [-0.1, -0.05) is 19.9 Å². The Morgan fingerprint density at radius 2 is 1.58 bits per heavy atom. The summed E-state index contributed by atoms with van der Waals surface area (Å²) in [4.78, 5) is 52.5. The van der Waals surface area contributed by atoms with Gasteiger partial charge in [-0.15, -0.1) is 0 Å². The molecule has 4 rings (SSSR count). The van der Waals surface area contributed by atoms with Crippen LogP contribution in [0.5, 0.6) is 0 Å². The number of hydrogen-bond donors (Lipinski definition) is 1. The molecule has 7 nitrogen and oxygen atoms in total. The van der Waals surface area contributed by atoms with Crippen LogP contribution in [0.25, 0.3) is 0 Å². The van der Waals surface area contributed by atoms with Gasteiger partial charge in [0.15, 0.2) is 6.61 Å².